The fraction of sp³-hybridized carbons (Fsp3) is 0.360. The third-order valence-corrected chi connectivity index (χ3v) is 6.07. The molecular formula is C25H25ClN8O2. The molecule has 0 N–H and O–H groups in total. The van der Waals surface area contributed by atoms with E-state index in [1.165, 1.54) is 0 Å². The summed E-state index contributed by atoms with van der Waals surface area (Å²) < 4.78 is 5.80. The highest BCUT2D eigenvalue weighted by Crippen LogP contribution is 2.26. The predicted octanol–water partition coefficient (Wildman–Crippen LogP) is 4.01. The molecule has 5 rings (SSSR count). The number of anilines is 1. The second kappa shape index (κ2) is 9.24. The van der Waals surface area contributed by atoms with Crippen LogP contribution < -0.4 is 4.90 Å². The maximum atomic E-state index is 13.2. The Bertz CT molecular complexity index is 1470. The Hall–Kier alpha value is -3.97. The van der Waals surface area contributed by atoms with Gasteiger partial charge in [-0.1, -0.05) is 38.4 Å². The van der Waals surface area contributed by atoms with Gasteiger partial charge in [-0.3, -0.25) is 4.79 Å². The Labute approximate surface area is 213 Å². The third-order valence-electron chi connectivity index (χ3n) is 5.86. The van der Waals surface area contributed by atoms with Crippen molar-refractivity contribution in [3.05, 3.63) is 52.8 Å². The molecule has 0 saturated carbocycles. The summed E-state index contributed by atoms with van der Waals surface area (Å²) in [6, 6.07) is 11.2. The second-order valence-corrected chi connectivity index (χ2v) is 10.3. The summed E-state index contributed by atoms with van der Waals surface area (Å²) in [5.41, 5.74) is 3.17. The topological polar surface area (TPSA) is 117 Å². The van der Waals surface area contributed by atoms with E-state index in [-0.39, 0.29) is 11.3 Å². The molecule has 1 aliphatic rings. The number of oxazole rings is 1. The number of halogens is 1. The molecule has 0 bridgehead atoms. The van der Waals surface area contributed by atoms with Crippen molar-refractivity contribution in [3.8, 4) is 17.3 Å². The first-order valence-corrected chi connectivity index (χ1v) is 12.0. The summed E-state index contributed by atoms with van der Waals surface area (Å²) in [6.07, 6.45) is 1.65. The highest BCUT2D eigenvalue weighted by atomic mass is 35.5. The van der Waals surface area contributed by atoms with Crippen LogP contribution in [0, 0.1) is 16.7 Å². The van der Waals surface area contributed by atoms with Crippen molar-refractivity contribution in [2.24, 2.45) is 5.41 Å². The molecule has 0 unspecified atom stereocenters. The Balaban J connectivity index is 1.28. The molecule has 1 aliphatic heterocycles. The Morgan fingerprint density at radius 3 is 2.64 bits per heavy atom. The molecule has 1 aromatic carbocycles. The number of nitriles is 1. The van der Waals surface area contributed by atoms with Crippen molar-refractivity contribution in [3.63, 3.8) is 0 Å². The van der Waals surface area contributed by atoms with Crippen molar-refractivity contribution < 1.29 is 9.21 Å². The van der Waals surface area contributed by atoms with Crippen LogP contribution in [0.2, 0.25) is 5.15 Å². The smallest absolute Gasteiger partial charge is 0.300 e. The highest BCUT2D eigenvalue weighted by molar-refractivity contribution is 6.29. The van der Waals surface area contributed by atoms with E-state index < -0.39 is 0 Å². The van der Waals surface area contributed by atoms with Crippen LogP contribution in [0.15, 0.2) is 40.9 Å². The number of hydrogen-bond donors (Lipinski definition) is 0. The molecule has 1 saturated heterocycles. The van der Waals surface area contributed by atoms with Crippen LogP contribution in [-0.2, 0) is 6.54 Å². The molecule has 10 nitrogen and oxygen atoms in total. The van der Waals surface area contributed by atoms with Crippen molar-refractivity contribution in [2.75, 3.05) is 31.1 Å². The van der Waals surface area contributed by atoms with Gasteiger partial charge in [0.05, 0.1) is 24.4 Å². The van der Waals surface area contributed by atoms with Gasteiger partial charge < -0.3 is 14.2 Å². The number of rotatable bonds is 4. The van der Waals surface area contributed by atoms with Gasteiger partial charge in [-0.05, 0) is 29.7 Å². The molecule has 3 aromatic heterocycles. The van der Waals surface area contributed by atoms with E-state index in [4.69, 9.17) is 16.0 Å². The number of fused-ring (bicyclic) bond motifs is 1. The monoisotopic (exact) mass is 504 g/mol. The maximum absolute atomic E-state index is 13.2. The van der Waals surface area contributed by atoms with Crippen LogP contribution in [0.1, 0.15) is 36.7 Å². The molecule has 1 fully saturated rings. The van der Waals surface area contributed by atoms with E-state index in [1.807, 2.05) is 4.90 Å². The van der Waals surface area contributed by atoms with E-state index in [9.17, 15) is 10.1 Å². The summed E-state index contributed by atoms with van der Waals surface area (Å²) in [4.78, 5) is 27.2. The summed E-state index contributed by atoms with van der Waals surface area (Å²) in [5, 5.41) is 19.0. The number of amides is 1. The number of aromatic nitrogens is 5. The Morgan fingerprint density at radius 2 is 1.92 bits per heavy atom. The molecule has 1 amide bonds. The van der Waals surface area contributed by atoms with E-state index in [0.29, 0.717) is 77.5 Å². The lowest BCUT2D eigenvalue weighted by Gasteiger charge is -2.33. The number of pyridine rings is 1. The minimum Gasteiger partial charge on any atom is -0.422 e. The van der Waals surface area contributed by atoms with Crippen LogP contribution >= 0.6 is 11.6 Å². The Morgan fingerprint density at radius 1 is 1.14 bits per heavy atom. The zero-order chi connectivity index (χ0) is 25.4. The molecule has 184 valence electrons. The lowest BCUT2D eigenvalue weighted by molar-refractivity contribution is 0.0745. The van der Waals surface area contributed by atoms with Crippen LogP contribution in [0.3, 0.4) is 0 Å². The third kappa shape index (κ3) is 4.88. The zero-order valence-corrected chi connectivity index (χ0v) is 21.0. The number of nitrogens with zero attached hydrogens (tertiary/aromatic N) is 8. The molecule has 4 heterocycles. The number of carbonyl (C=O) groups excluding carboxylic acids is 1. The van der Waals surface area contributed by atoms with Gasteiger partial charge >= 0.3 is 0 Å². The fourth-order valence-electron chi connectivity index (χ4n) is 4.12. The summed E-state index contributed by atoms with van der Waals surface area (Å²) in [6.45, 7) is 9.10. The number of piperazine rings is 1. The lowest BCUT2D eigenvalue weighted by atomic mass is 9.97. The summed E-state index contributed by atoms with van der Waals surface area (Å²) in [5.74, 6) is -0.125. The largest absolute Gasteiger partial charge is 0.422 e. The minimum atomic E-state index is -0.125. The predicted molar refractivity (Wildman–Crippen MR) is 135 cm³/mol. The molecule has 4 aromatic rings. The highest BCUT2D eigenvalue weighted by Gasteiger charge is 2.26. The quantitative estimate of drug-likeness (QED) is 0.382. The first-order chi connectivity index (χ1) is 17.2. The summed E-state index contributed by atoms with van der Waals surface area (Å²) >= 11 is 5.94. The van der Waals surface area contributed by atoms with Crippen LogP contribution in [-0.4, -0.2) is 61.9 Å². The van der Waals surface area contributed by atoms with Gasteiger partial charge in [0.15, 0.2) is 5.58 Å². The van der Waals surface area contributed by atoms with Gasteiger partial charge in [0.25, 0.3) is 11.9 Å². The van der Waals surface area contributed by atoms with Gasteiger partial charge in [-0.25, -0.2) is 4.98 Å². The molecule has 36 heavy (non-hydrogen) atoms. The molecule has 0 aliphatic carbocycles. The van der Waals surface area contributed by atoms with Crippen molar-refractivity contribution in [1.82, 2.24) is 29.9 Å². The standard InChI is InChI=1S/C25H25ClN8O2/c1-25(2,3)15-34-28-14-19(31-34)18-5-4-16(12-17(18)13-27)23(35)32-8-10-33(11-9-32)24-30-22-20(36-24)6-7-21(26)29-22/h4-7,12,14H,8-11,15H2,1-3H3. The average Bonchev–Trinajstić information content (AvgIpc) is 3.48. The molecule has 11 heteroatoms. The average molecular weight is 505 g/mol. The van der Waals surface area contributed by atoms with Gasteiger partial charge in [0, 0.05) is 37.3 Å². The van der Waals surface area contributed by atoms with Crippen molar-refractivity contribution in [1.29, 1.82) is 5.26 Å². The zero-order valence-electron chi connectivity index (χ0n) is 20.3. The normalized spacial score (nSPS) is 14.3. The maximum Gasteiger partial charge on any atom is 0.300 e. The lowest BCUT2D eigenvalue weighted by Crippen LogP contribution is -2.48. The minimum absolute atomic E-state index is 0.0275. The SMILES string of the molecule is CC(C)(C)Cn1ncc(-c2ccc(C(=O)N3CCN(c4nc5nc(Cl)ccc5o4)CC3)cc2C#N)n1. The second-order valence-electron chi connectivity index (χ2n) is 9.92. The van der Waals surface area contributed by atoms with E-state index >= 15 is 0 Å². The van der Waals surface area contributed by atoms with Crippen LogP contribution in [0.5, 0.6) is 0 Å². The van der Waals surface area contributed by atoms with Crippen molar-refractivity contribution in [2.45, 2.75) is 27.3 Å². The van der Waals surface area contributed by atoms with Gasteiger partial charge in [0.1, 0.15) is 10.8 Å². The number of carbonyl (C=O) groups is 1. The molecule has 0 spiro atoms. The van der Waals surface area contributed by atoms with E-state index in [1.54, 1.807) is 46.2 Å². The van der Waals surface area contributed by atoms with Gasteiger partial charge in [-0.15, -0.1) is 0 Å². The molecular weight excluding hydrogens is 480 g/mol. The van der Waals surface area contributed by atoms with E-state index in [2.05, 4.69) is 47.0 Å². The van der Waals surface area contributed by atoms with Crippen molar-refractivity contribution >= 4 is 34.8 Å². The first-order valence-electron chi connectivity index (χ1n) is 11.6. The van der Waals surface area contributed by atoms with Crippen LogP contribution in [0.4, 0.5) is 6.01 Å². The van der Waals surface area contributed by atoms with Gasteiger partial charge in [-0.2, -0.15) is 25.2 Å². The number of hydrogen-bond acceptors (Lipinski definition) is 8. The first kappa shape index (κ1) is 23.8. The van der Waals surface area contributed by atoms with Gasteiger partial charge in [0.2, 0.25) is 5.65 Å². The van der Waals surface area contributed by atoms with Crippen LogP contribution in [0.25, 0.3) is 22.5 Å². The number of benzene rings is 1. The fourth-order valence-corrected chi connectivity index (χ4v) is 4.26. The van der Waals surface area contributed by atoms with E-state index in [0.717, 1.165) is 0 Å². The summed E-state index contributed by atoms with van der Waals surface area (Å²) in [7, 11) is 0. The Kier molecular flexibility index (Phi) is 6.10. The molecule has 0 radical (unpaired) electrons. The molecule has 0 atom stereocenters.